The number of carbonyl (C=O) groups excluding carboxylic acids is 2. The molecule has 30 heavy (non-hydrogen) atoms. The number of halogens is 2. The Bertz CT molecular complexity index is 1050. The third-order valence-corrected chi connectivity index (χ3v) is 7.14. The molecule has 1 atom stereocenters. The summed E-state index contributed by atoms with van der Waals surface area (Å²) in [6, 6.07) is 8.06. The largest absolute Gasteiger partial charge is 0.311 e. The van der Waals surface area contributed by atoms with Crippen molar-refractivity contribution in [1.82, 2.24) is 4.98 Å². The van der Waals surface area contributed by atoms with Gasteiger partial charge in [0.1, 0.15) is 11.6 Å². The number of nitrogens with zero attached hydrogens (tertiary/aromatic N) is 1. The van der Waals surface area contributed by atoms with E-state index in [1.165, 1.54) is 12.3 Å². The normalized spacial score (nSPS) is 16.3. The third-order valence-electron chi connectivity index (χ3n) is 5.34. The number of carbonyl (C=O) groups is 2. The highest BCUT2D eigenvalue weighted by atomic mass is 35.5. The molecule has 1 aromatic heterocycles. The molecule has 160 valence electrons. The van der Waals surface area contributed by atoms with E-state index in [9.17, 15) is 18.0 Å². The van der Waals surface area contributed by atoms with Crippen molar-refractivity contribution in [3.8, 4) is 0 Å². The van der Waals surface area contributed by atoms with E-state index in [0.717, 1.165) is 11.8 Å². The van der Waals surface area contributed by atoms with E-state index in [2.05, 4.69) is 10.3 Å². The second-order valence-electron chi connectivity index (χ2n) is 7.56. The smallest absolute Gasteiger partial charge is 0.226 e. The van der Waals surface area contributed by atoms with E-state index in [1.54, 1.807) is 24.3 Å². The van der Waals surface area contributed by atoms with Gasteiger partial charge in [-0.1, -0.05) is 29.3 Å². The fourth-order valence-corrected chi connectivity index (χ4v) is 5.26. The Hall–Kier alpha value is -1.96. The molecule has 0 aliphatic heterocycles. The summed E-state index contributed by atoms with van der Waals surface area (Å²) in [5, 5.41) is 3.36. The molecule has 1 N–H and O–H groups in total. The van der Waals surface area contributed by atoms with Crippen LogP contribution in [0, 0.1) is 5.92 Å². The van der Waals surface area contributed by atoms with Gasteiger partial charge in [-0.15, -0.1) is 0 Å². The van der Waals surface area contributed by atoms with Crippen LogP contribution in [0.15, 0.2) is 41.4 Å². The van der Waals surface area contributed by atoms with Crippen molar-refractivity contribution in [3.63, 3.8) is 0 Å². The zero-order valence-electron chi connectivity index (χ0n) is 16.4. The van der Waals surface area contributed by atoms with E-state index in [4.69, 9.17) is 23.2 Å². The SMILES string of the molecule is CS(=O)(=O)c1ccc(C(CC(=O)Nc2ccc(Cl)cn2)C2CCC(=O)CC2)cc1Cl. The summed E-state index contributed by atoms with van der Waals surface area (Å²) in [6.07, 6.45) is 5.05. The highest BCUT2D eigenvalue weighted by molar-refractivity contribution is 7.90. The molecule has 2 aromatic rings. The lowest BCUT2D eigenvalue weighted by Crippen LogP contribution is -2.25. The fourth-order valence-electron chi connectivity index (χ4n) is 3.81. The maximum atomic E-state index is 12.7. The first-order valence-corrected chi connectivity index (χ1v) is 12.2. The highest BCUT2D eigenvalue weighted by Crippen LogP contribution is 2.39. The second kappa shape index (κ2) is 9.45. The van der Waals surface area contributed by atoms with Crippen LogP contribution in [0.25, 0.3) is 0 Å². The average molecular weight is 469 g/mol. The van der Waals surface area contributed by atoms with Gasteiger partial charge in [-0.2, -0.15) is 0 Å². The van der Waals surface area contributed by atoms with Crippen LogP contribution >= 0.6 is 23.2 Å². The molecule has 1 aromatic carbocycles. The van der Waals surface area contributed by atoms with Crippen molar-refractivity contribution < 1.29 is 18.0 Å². The monoisotopic (exact) mass is 468 g/mol. The lowest BCUT2D eigenvalue weighted by Gasteiger charge is -2.30. The van der Waals surface area contributed by atoms with E-state index in [0.29, 0.717) is 36.5 Å². The number of benzene rings is 1. The number of aromatic nitrogens is 1. The third kappa shape index (κ3) is 5.80. The van der Waals surface area contributed by atoms with Crippen LogP contribution in [0.1, 0.15) is 43.6 Å². The van der Waals surface area contributed by atoms with Gasteiger partial charge in [0.2, 0.25) is 5.91 Å². The number of rotatable bonds is 6. The van der Waals surface area contributed by atoms with E-state index >= 15 is 0 Å². The van der Waals surface area contributed by atoms with Crippen molar-refractivity contribution >= 4 is 50.5 Å². The summed E-state index contributed by atoms with van der Waals surface area (Å²) in [6.45, 7) is 0. The van der Waals surface area contributed by atoms with Crippen molar-refractivity contribution in [1.29, 1.82) is 0 Å². The first kappa shape index (κ1) is 22.7. The van der Waals surface area contributed by atoms with E-state index in [1.807, 2.05) is 0 Å². The molecule has 0 radical (unpaired) electrons. The Balaban J connectivity index is 1.85. The topological polar surface area (TPSA) is 93.2 Å². The maximum Gasteiger partial charge on any atom is 0.226 e. The summed E-state index contributed by atoms with van der Waals surface area (Å²) in [4.78, 5) is 28.5. The maximum absolute atomic E-state index is 12.7. The molecule has 1 amide bonds. The molecule has 1 saturated carbocycles. The van der Waals surface area contributed by atoms with Crippen molar-refractivity contribution in [2.75, 3.05) is 11.6 Å². The van der Waals surface area contributed by atoms with Crippen molar-refractivity contribution in [2.45, 2.75) is 42.9 Å². The van der Waals surface area contributed by atoms with Gasteiger partial charge < -0.3 is 5.32 Å². The van der Waals surface area contributed by atoms with E-state index in [-0.39, 0.29) is 39.9 Å². The average Bonchev–Trinajstić information content (AvgIpc) is 2.68. The number of Topliss-reactive ketones (excluding diaryl/α,β-unsaturated/α-hetero) is 1. The van der Waals surface area contributed by atoms with Crippen LogP contribution < -0.4 is 5.32 Å². The standard InChI is InChI=1S/C21H22Cl2N2O4S/c1-30(28,29)19-8-4-14(10-18(19)23)17(13-2-6-16(26)7-3-13)11-21(27)25-20-9-5-15(22)12-24-20/h4-5,8-10,12-13,17H,2-3,6-7,11H2,1H3,(H,24,25,27). The molecular formula is C21H22Cl2N2O4S. The molecule has 9 heteroatoms. The van der Waals surface area contributed by atoms with Gasteiger partial charge in [-0.3, -0.25) is 9.59 Å². The lowest BCUT2D eigenvalue weighted by molar-refractivity contribution is -0.121. The molecule has 6 nitrogen and oxygen atoms in total. The molecule has 1 aliphatic carbocycles. The summed E-state index contributed by atoms with van der Waals surface area (Å²) in [5.41, 5.74) is 0.783. The van der Waals surface area contributed by atoms with Gasteiger partial charge >= 0.3 is 0 Å². The predicted molar refractivity (Wildman–Crippen MR) is 117 cm³/mol. The summed E-state index contributed by atoms with van der Waals surface area (Å²) >= 11 is 12.1. The lowest BCUT2D eigenvalue weighted by atomic mass is 9.75. The van der Waals surface area contributed by atoms with Gasteiger partial charge in [0, 0.05) is 31.7 Å². The van der Waals surface area contributed by atoms with Gasteiger partial charge in [-0.25, -0.2) is 13.4 Å². The zero-order chi connectivity index (χ0) is 21.9. The molecule has 1 heterocycles. The molecule has 0 bridgehead atoms. The van der Waals surface area contributed by atoms with Gasteiger partial charge in [0.05, 0.1) is 14.9 Å². The summed E-state index contributed by atoms with van der Waals surface area (Å²) < 4.78 is 23.8. The van der Waals surface area contributed by atoms with Crippen molar-refractivity contribution in [2.24, 2.45) is 5.92 Å². The first-order chi connectivity index (χ1) is 14.1. The Morgan fingerprint density at radius 1 is 1.20 bits per heavy atom. The summed E-state index contributed by atoms with van der Waals surface area (Å²) in [5.74, 6) is 0.316. The molecule has 1 fully saturated rings. The van der Waals surface area contributed by atoms with Crippen LogP contribution in [0.5, 0.6) is 0 Å². The number of nitrogens with one attached hydrogen (secondary N) is 1. The zero-order valence-corrected chi connectivity index (χ0v) is 18.7. The van der Waals surface area contributed by atoms with Crippen LogP contribution in [0.2, 0.25) is 10.0 Å². The molecule has 0 saturated heterocycles. The van der Waals surface area contributed by atoms with E-state index < -0.39 is 9.84 Å². The minimum Gasteiger partial charge on any atom is -0.311 e. The van der Waals surface area contributed by atoms with Gasteiger partial charge in [0.25, 0.3) is 0 Å². The van der Waals surface area contributed by atoms with Crippen LogP contribution in [-0.2, 0) is 19.4 Å². The van der Waals surface area contributed by atoms with Crippen LogP contribution in [0.4, 0.5) is 5.82 Å². The Labute approximate surface area is 185 Å². The summed E-state index contributed by atoms with van der Waals surface area (Å²) in [7, 11) is -3.45. The Kier molecular flexibility index (Phi) is 7.16. The first-order valence-electron chi connectivity index (χ1n) is 9.56. The minimum absolute atomic E-state index is 0.0558. The number of anilines is 1. The molecule has 0 spiro atoms. The molecule has 1 unspecified atom stereocenters. The predicted octanol–water partition coefficient (Wildman–Crippen LogP) is 4.66. The molecular weight excluding hydrogens is 447 g/mol. The quantitative estimate of drug-likeness (QED) is 0.664. The Morgan fingerprint density at radius 2 is 1.90 bits per heavy atom. The Morgan fingerprint density at radius 3 is 2.47 bits per heavy atom. The van der Waals surface area contributed by atoms with Crippen molar-refractivity contribution in [3.05, 3.63) is 52.1 Å². The number of hydrogen-bond donors (Lipinski definition) is 1. The van der Waals surface area contributed by atoms with Gasteiger partial charge in [0.15, 0.2) is 9.84 Å². The highest BCUT2D eigenvalue weighted by Gasteiger charge is 2.30. The number of sulfone groups is 1. The molecule has 1 aliphatic rings. The fraction of sp³-hybridized carbons (Fsp3) is 0.381. The number of ketones is 1. The van der Waals surface area contributed by atoms with Crippen LogP contribution in [-0.4, -0.2) is 31.3 Å². The molecule has 3 rings (SSSR count). The van der Waals surface area contributed by atoms with Crippen LogP contribution in [0.3, 0.4) is 0 Å². The second-order valence-corrected chi connectivity index (χ2v) is 10.4. The number of amides is 1. The van der Waals surface area contributed by atoms with Gasteiger partial charge in [-0.05, 0) is 54.5 Å². The number of pyridine rings is 1. The minimum atomic E-state index is -3.45. The number of hydrogen-bond acceptors (Lipinski definition) is 5.